The summed E-state index contributed by atoms with van der Waals surface area (Å²) in [5, 5.41) is 2.22. The van der Waals surface area contributed by atoms with E-state index in [1.807, 2.05) is 12.1 Å². The van der Waals surface area contributed by atoms with Gasteiger partial charge in [0.05, 0.1) is 16.8 Å². The van der Waals surface area contributed by atoms with Crippen LogP contribution in [0.3, 0.4) is 0 Å². The van der Waals surface area contributed by atoms with E-state index in [0.29, 0.717) is 0 Å². The average molecular weight is 590 g/mol. The third-order valence-corrected chi connectivity index (χ3v) is 9.75. The van der Waals surface area contributed by atoms with Gasteiger partial charge in [-0.05, 0) is 82.8 Å². The van der Waals surface area contributed by atoms with Gasteiger partial charge in [-0.2, -0.15) is 0 Å². The Morgan fingerprint density at radius 1 is 0.478 bits per heavy atom. The van der Waals surface area contributed by atoms with E-state index in [1.165, 1.54) is 38.9 Å². The molecule has 1 aromatic heterocycles. The van der Waals surface area contributed by atoms with Crippen LogP contribution < -0.4 is 4.90 Å². The maximum absolute atomic E-state index is 6.34. The molecule has 46 heavy (non-hydrogen) atoms. The first-order valence-corrected chi connectivity index (χ1v) is 15.9. The van der Waals surface area contributed by atoms with Gasteiger partial charge >= 0.3 is 0 Å². The van der Waals surface area contributed by atoms with Gasteiger partial charge in [-0.25, -0.2) is 0 Å². The highest BCUT2D eigenvalue weighted by molar-refractivity contribution is 6.13. The summed E-state index contributed by atoms with van der Waals surface area (Å²) >= 11 is 0. The SMILES string of the molecule is CC1(c2cccc(-c3ccccc3N(c3ccccc3)c3cccc4oc5ccccc5c34)c2)c2ccccc2-c2ccccc21. The van der Waals surface area contributed by atoms with Crippen molar-refractivity contribution in [3.8, 4) is 22.3 Å². The Bertz CT molecular complexity index is 2350. The van der Waals surface area contributed by atoms with Crippen molar-refractivity contribution in [3.05, 3.63) is 187 Å². The van der Waals surface area contributed by atoms with Crippen molar-refractivity contribution in [2.24, 2.45) is 0 Å². The second-order valence-corrected chi connectivity index (χ2v) is 12.2. The van der Waals surface area contributed by atoms with Gasteiger partial charge in [0, 0.05) is 22.1 Å². The van der Waals surface area contributed by atoms with Crippen molar-refractivity contribution >= 4 is 39.0 Å². The lowest BCUT2D eigenvalue weighted by atomic mass is 9.73. The summed E-state index contributed by atoms with van der Waals surface area (Å²) in [4.78, 5) is 2.38. The predicted octanol–water partition coefficient (Wildman–Crippen LogP) is 12.1. The third kappa shape index (κ3) is 3.90. The van der Waals surface area contributed by atoms with E-state index < -0.39 is 0 Å². The molecule has 1 aliphatic rings. The summed E-state index contributed by atoms with van der Waals surface area (Å²) in [5.74, 6) is 0. The highest BCUT2D eigenvalue weighted by Crippen LogP contribution is 2.53. The largest absolute Gasteiger partial charge is 0.456 e. The number of rotatable bonds is 5. The minimum absolute atomic E-state index is 0.265. The molecule has 0 atom stereocenters. The van der Waals surface area contributed by atoms with Crippen LogP contribution in [0.5, 0.6) is 0 Å². The van der Waals surface area contributed by atoms with Crippen molar-refractivity contribution in [1.29, 1.82) is 0 Å². The number of fused-ring (bicyclic) bond motifs is 6. The molecule has 8 aromatic rings. The second kappa shape index (κ2) is 10.4. The number of para-hydroxylation sites is 3. The maximum atomic E-state index is 6.34. The first-order valence-electron chi connectivity index (χ1n) is 15.9. The van der Waals surface area contributed by atoms with Crippen molar-refractivity contribution in [1.82, 2.24) is 0 Å². The lowest BCUT2D eigenvalue weighted by Gasteiger charge is -2.30. The monoisotopic (exact) mass is 589 g/mol. The number of anilines is 3. The Balaban J connectivity index is 1.26. The van der Waals surface area contributed by atoms with Crippen LogP contribution in [0.4, 0.5) is 17.1 Å². The summed E-state index contributed by atoms with van der Waals surface area (Å²) in [7, 11) is 0. The Labute approximate surface area is 268 Å². The van der Waals surface area contributed by atoms with Gasteiger partial charge < -0.3 is 9.32 Å². The summed E-state index contributed by atoms with van der Waals surface area (Å²) in [6.45, 7) is 2.38. The minimum atomic E-state index is -0.265. The molecule has 1 aliphatic carbocycles. The van der Waals surface area contributed by atoms with Crippen molar-refractivity contribution in [2.45, 2.75) is 12.3 Å². The lowest BCUT2D eigenvalue weighted by molar-refractivity contribution is 0.669. The van der Waals surface area contributed by atoms with E-state index in [0.717, 1.165) is 39.0 Å². The number of hydrogen-bond acceptors (Lipinski definition) is 2. The zero-order valence-corrected chi connectivity index (χ0v) is 25.5. The topological polar surface area (TPSA) is 16.4 Å². The van der Waals surface area contributed by atoms with Crippen LogP contribution in [0.1, 0.15) is 23.6 Å². The molecule has 0 spiro atoms. The fourth-order valence-corrected chi connectivity index (χ4v) is 7.60. The molecular formula is C44H31NO. The van der Waals surface area contributed by atoms with E-state index in [9.17, 15) is 0 Å². The van der Waals surface area contributed by atoms with Gasteiger partial charge in [0.25, 0.3) is 0 Å². The number of hydrogen-bond donors (Lipinski definition) is 0. The van der Waals surface area contributed by atoms with Crippen LogP contribution in [0.2, 0.25) is 0 Å². The molecule has 0 fully saturated rings. The van der Waals surface area contributed by atoms with Crippen molar-refractivity contribution < 1.29 is 4.42 Å². The number of nitrogens with zero attached hydrogens (tertiary/aromatic N) is 1. The molecule has 7 aromatic carbocycles. The lowest BCUT2D eigenvalue weighted by Crippen LogP contribution is -2.22. The first kappa shape index (κ1) is 26.5. The molecule has 1 heterocycles. The second-order valence-electron chi connectivity index (χ2n) is 12.2. The summed E-state index contributed by atoms with van der Waals surface area (Å²) in [6.07, 6.45) is 0. The van der Waals surface area contributed by atoms with Crippen molar-refractivity contribution in [3.63, 3.8) is 0 Å². The van der Waals surface area contributed by atoms with Gasteiger partial charge in [0.2, 0.25) is 0 Å². The smallest absolute Gasteiger partial charge is 0.137 e. The number of furan rings is 1. The van der Waals surface area contributed by atoms with Gasteiger partial charge in [-0.3, -0.25) is 0 Å². The van der Waals surface area contributed by atoms with E-state index in [4.69, 9.17) is 4.42 Å². The quantitative estimate of drug-likeness (QED) is 0.199. The van der Waals surface area contributed by atoms with E-state index in [-0.39, 0.29) is 5.41 Å². The normalized spacial score (nSPS) is 13.1. The van der Waals surface area contributed by atoms with E-state index >= 15 is 0 Å². The van der Waals surface area contributed by atoms with Crippen LogP contribution in [0, 0.1) is 0 Å². The van der Waals surface area contributed by atoms with Crippen LogP contribution >= 0.6 is 0 Å². The van der Waals surface area contributed by atoms with Gasteiger partial charge in [0.15, 0.2) is 0 Å². The average Bonchev–Trinajstić information content (AvgIpc) is 3.64. The van der Waals surface area contributed by atoms with E-state index in [1.54, 1.807) is 0 Å². The van der Waals surface area contributed by atoms with Crippen LogP contribution in [0.15, 0.2) is 174 Å². The Kier molecular flexibility index (Phi) is 5.97. The van der Waals surface area contributed by atoms with Gasteiger partial charge in [-0.1, -0.05) is 127 Å². The molecule has 218 valence electrons. The highest BCUT2D eigenvalue weighted by Gasteiger charge is 2.40. The van der Waals surface area contributed by atoms with Gasteiger partial charge in [0.1, 0.15) is 11.2 Å². The molecule has 2 heteroatoms. The molecule has 0 unspecified atom stereocenters. The number of benzene rings is 7. The first-order chi connectivity index (χ1) is 22.7. The Hall–Kier alpha value is -5.86. The zero-order valence-electron chi connectivity index (χ0n) is 25.5. The fourth-order valence-electron chi connectivity index (χ4n) is 7.60. The van der Waals surface area contributed by atoms with Crippen molar-refractivity contribution in [2.75, 3.05) is 4.90 Å². The third-order valence-electron chi connectivity index (χ3n) is 9.75. The molecule has 0 saturated heterocycles. The maximum Gasteiger partial charge on any atom is 0.137 e. The molecule has 0 bridgehead atoms. The molecule has 2 nitrogen and oxygen atoms in total. The standard InChI is InChI=1S/C44H31NO/c1-44(37-23-9-5-20-34(37)35-21-6-10-24-38(35)44)31-16-13-15-30(29-31)33-19-7-11-25-39(33)45(32-17-3-2-4-18-32)40-26-14-28-42-43(40)36-22-8-12-27-41(36)46-42/h2-29H,1H3. The van der Waals surface area contributed by atoms with Gasteiger partial charge in [-0.15, -0.1) is 0 Å². The summed E-state index contributed by atoms with van der Waals surface area (Å²) in [5.41, 5.74) is 13.8. The Morgan fingerprint density at radius 2 is 1.07 bits per heavy atom. The van der Waals surface area contributed by atoms with E-state index in [2.05, 4.69) is 170 Å². The minimum Gasteiger partial charge on any atom is -0.456 e. The molecule has 0 N–H and O–H groups in total. The predicted molar refractivity (Wildman–Crippen MR) is 191 cm³/mol. The summed E-state index contributed by atoms with van der Waals surface area (Å²) < 4.78 is 6.34. The molecule has 9 rings (SSSR count). The van der Waals surface area contributed by atoms with Crippen LogP contribution in [-0.2, 0) is 5.41 Å². The zero-order chi connectivity index (χ0) is 30.7. The summed E-state index contributed by atoms with van der Waals surface area (Å²) in [6, 6.07) is 61.0. The molecular weight excluding hydrogens is 558 g/mol. The molecule has 0 radical (unpaired) electrons. The highest BCUT2D eigenvalue weighted by atomic mass is 16.3. The molecule has 0 saturated carbocycles. The van der Waals surface area contributed by atoms with Crippen LogP contribution in [0.25, 0.3) is 44.2 Å². The fraction of sp³-hybridized carbons (Fsp3) is 0.0455. The Morgan fingerprint density at radius 3 is 1.85 bits per heavy atom. The molecule has 0 aliphatic heterocycles. The van der Waals surface area contributed by atoms with Crippen LogP contribution in [-0.4, -0.2) is 0 Å². The molecule has 0 amide bonds.